The van der Waals surface area contributed by atoms with Crippen molar-refractivity contribution < 1.29 is 13.5 Å². The van der Waals surface area contributed by atoms with Gasteiger partial charge in [0.25, 0.3) is 0 Å². The van der Waals surface area contributed by atoms with E-state index in [1.807, 2.05) is 0 Å². The van der Waals surface area contributed by atoms with Gasteiger partial charge in [0.2, 0.25) is 11.7 Å². The number of aromatic nitrogens is 3. The van der Waals surface area contributed by atoms with Gasteiger partial charge < -0.3 is 9.26 Å². The Hall–Kier alpha value is -1.80. The average molecular weight is 294 g/mol. The fourth-order valence-electron chi connectivity index (χ4n) is 1.84. The number of nitrogens with zero attached hydrogens (tertiary/aromatic N) is 4. The van der Waals surface area contributed by atoms with Crippen LogP contribution in [0.4, 0.5) is 5.69 Å². The van der Waals surface area contributed by atoms with E-state index in [9.17, 15) is 4.21 Å². The first-order chi connectivity index (χ1) is 9.65. The van der Waals surface area contributed by atoms with Crippen LogP contribution in [-0.4, -0.2) is 44.1 Å². The molecular weight excluding hydrogens is 280 g/mol. The minimum absolute atomic E-state index is 0.435. The number of hydrogen-bond donors (Lipinski definition) is 0. The van der Waals surface area contributed by atoms with Crippen LogP contribution >= 0.6 is 0 Å². The highest BCUT2D eigenvalue weighted by Gasteiger charge is 2.15. The largest absolute Gasteiger partial charge is 0.379 e. The van der Waals surface area contributed by atoms with Crippen molar-refractivity contribution in [1.29, 1.82) is 0 Å². The van der Waals surface area contributed by atoms with Gasteiger partial charge in [0.05, 0.1) is 46.3 Å². The number of hydrogen-bond acceptors (Lipinski definition) is 7. The summed E-state index contributed by atoms with van der Waals surface area (Å²) >= 11 is 0. The zero-order valence-corrected chi connectivity index (χ0v) is 11.8. The summed E-state index contributed by atoms with van der Waals surface area (Å²) in [6, 6.07) is 3.50. The smallest absolute Gasteiger partial charge is 0.223 e. The molecule has 20 heavy (non-hydrogen) atoms. The lowest BCUT2D eigenvalue weighted by atomic mass is 10.3. The van der Waals surface area contributed by atoms with E-state index < -0.39 is 9.73 Å². The Labute approximate surface area is 116 Å². The van der Waals surface area contributed by atoms with E-state index in [-0.39, 0.29) is 0 Å². The first-order valence-electron chi connectivity index (χ1n) is 6.22. The third-order valence-electron chi connectivity index (χ3n) is 2.87. The molecule has 0 radical (unpaired) electrons. The second kappa shape index (κ2) is 5.29. The molecule has 3 rings (SSSR count). The van der Waals surface area contributed by atoms with Gasteiger partial charge in [-0.3, -0.25) is 4.98 Å². The molecule has 0 spiro atoms. The van der Waals surface area contributed by atoms with Crippen molar-refractivity contribution in [3.63, 3.8) is 0 Å². The van der Waals surface area contributed by atoms with Crippen molar-refractivity contribution >= 4 is 15.4 Å². The second-order valence-corrected chi connectivity index (χ2v) is 6.97. The van der Waals surface area contributed by atoms with Crippen LogP contribution in [0.25, 0.3) is 11.5 Å². The molecule has 0 atom stereocenters. The molecule has 8 heteroatoms. The van der Waals surface area contributed by atoms with Crippen molar-refractivity contribution in [2.75, 3.05) is 24.7 Å². The average Bonchev–Trinajstić information content (AvgIpc) is 2.87. The Morgan fingerprint density at radius 1 is 1.30 bits per heavy atom. The molecule has 0 aromatic carbocycles. The fraction of sp³-hybridized carbons (Fsp3) is 0.417. The monoisotopic (exact) mass is 294 g/mol. The standard InChI is InChI=1S/C12H14N4O3S/c1-9-14-12(15-19-9)11-3-2-10(8-13-11)16-20(17)6-4-18-5-7-20/h2-3,8H,4-7H2,1H3. The predicted molar refractivity (Wildman–Crippen MR) is 73.0 cm³/mol. The molecule has 0 unspecified atom stereocenters. The molecule has 0 aliphatic carbocycles. The molecule has 7 nitrogen and oxygen atoms in total. The third-order valence-corrected chi connectivity index (χ3v) is 5.02. The predicted octanol–water partition coefficient (Wildman–Crippen LogP) is 1.57. The van der Waals surface area contributed by atoms with E-state index in [1.54, 1.807) is 25.3 Å². The van der Waals surface area contributed by atoms with Crippen LogP contribution < -0.4 is 0 Å². The first-order valence-corrected chi connectivity index (χ1v) is 8.07. The summed E-state index contributed by atoms with van der Waals surface area (Å²) in [4.78, 5) is 8.32. The van der Waals surface area contributed by atoms with Crippen LogP contribution in [0.1, 0.15) is 5.89 Å². The van der Waals surface area contributed by atoms with Gasteiger partial charge in [0.15, 0.2) is 0 Å². The summed E-state index contributed by atoms with van der Waals surface area (Å²) in [5.41, 5.74) is 1.20. The van der Waals surface area contributed by atoms with E-state index in [0.29, 0.717) is 47.8 Å². The van der Waals surface area contributed by atoms with Crippen molar-refractivity contribution in [2.45, 2.75) is 6.92 Å². The topological polar surface area (TPSA) is 90.5 Å². The lowest BCUT2D eigenvalue weighted by Gasteiger charge is -2.15. The molecule has 1 fully saturated rings. The maximum Gasteiger partial charge on any atom is 0.223 e. The number of aryl methyl sites for hydroxylation is 1. The van der Waals surface area contributed by atoms with Crippen molar-refractivity contribution in [2.24, 2.45) is 4.36 Å². The molecule has 0 N–H and O–H groups in total. The zero-order valence-electron chi connectivity index (χ0n) is 11.0. The third kappa shape index (κ3) is 2.86. The molecule has 0 amide bonds. The summed E-state index contributed by atoms with van der Waals surface area (Å²) in [5.74, 6) is 1.86. The Kier molecular flexibility index (Phi) is 3.49. The molecule has 2 aromatic heterocycles. The molecular formula is C12H14N4O3S. The van der Waals surface area contributed by atoms with Crippen LogP contribution in [0.3, 0.4) is 0 Å². The van der Waals surface area contributed by atoms with Crippen molar-refractivity contribution in [1.82, 2.24) is 15.1 Å². The van der Waals surface area contributed by atoms with Gasteiger partial charge in [0, 0.05) is 6.92 Å². The quantitative estimate of drug-likeness (QED) is 0.835. The zero-order chi connectivity index (χ0) is 14.0. The Balaban J connectivity index is 1.86. The lowest BCUT2D eigenvalue weighted by Crippen LogP contribution is -2.25. The molecule has 2 aromatic rings. The Bertz CT molecular complexity index is 705. The highest BCUT2D eigenvalue weighted by Crippen LogP contribution is 2.19. The van der Waals surface area contributed by atoms with Gasteiger partial charge in [-0.15, -0.1) is 0 Å². The highest BCUT2D eigenvalue weighted by atomic mass is 32.2. The Morgan fingerprint density at radius 3 is 2.70 bits per heavy atom. The van der Waals surface area contributed by atoms with Crippen LogP contribution in [-0.2, 0) is 14.5 Å². The second-order valence-electron chi connectivity index (χ2n) is 4.42. The molecule has 106 valence electrons. The van der Waals surface area contributed by atoms with E-state index in [1.165, 1.54) is 0 Å². The minimum atomic E-state index is -2.21. The van der Waals surface area contributed by atoms with Gasteiger partial charge in [0.1, 0.15) is 5.69 Å². The highest BCUT2D eigenvalue weighted by molar-refractivity contribution is 7.93. The van der Waals surface area contributed by atoms with Crippen LogP contribution in [0, 0.1) is 6.92 Å². The first kappa shape index (κ1) is 13.2. The van der Waals surface area contributed by atoms with Gasteiger partial charge in [-0.1, -0.05) is 5.16 Å². The van der Waals surface area contributed by atoms with Gasteiger partial charge >= 0.3 is 0 Å². The minimum Gasteiger partial charge on any atom is -0.379 e. The lowest BCUT2D eigenvalue weighted by molar-refractivity contribution is 0.158. The van der Waals surface area contributed by atoms with E-state index in [2.05, 4.69) is 19.5 Å². The van der Waals surface area contributed by atoms with Gasteiger partial charge in [-0.25, -0.2) is 4.21 Å². The van der Waals surface area contributed by atoms with Crippen LogP contribution in [0.15, 0.2) is 27.2 Å². The molecule has 1 aliphatic heterocycles. The SMILES string of the molecule is Cc1nc(-c2ccc(N=S3(=O)CCOCC3)cn2)no1. The maximum absolute atomic E-state index is 12.4. The summed E-state index contributed by atoms with van der Waals surface area (Å²) in [7, 11) is -2.21. The summed E-state index contributed by atoms with van der Waals surface area (Å²) < 4.78 is 26.8. The molecule has 3 heterocycles. The Morgan fingerprint density at radius 2 is 2.10 bits per heavy atom. The van der Waals surface area contributed by atoms with Gasteiger partial charge in [-0.2, -0.15) is 9.35 Å². The normalized spacial score (nSPS) is 17.9. The summed E-state index contributed by atoms with van der Waals surface area (Å²) in [5, 5.41) is 3.79. The summed E-state index contributed by atoms with van der Waals surface area (Å²) in [6.45, 7) is 2.71. The van der Waals surface area contributed by atoms with E-state index in [0.717, 1.165) is 0 Å². The molecule has 0 bridgehead atoms. The fourth-order valence-corrected chi connectivity index (χ4v) is 3.48. The number of pyridine rings is 1. The van der Waals surface area contributed by atoms with Gasteiger partial charge in [-0.05, 0) is 12.1 Å². The van der Waals surface area contributed by atoms with Crippen LogP contribution in [0.5, 0.6) is 0 Å². The summed E-state index contributed by atoms with van der Waals surface area (Å²) in [6.07, 6.45) is 1.57. The van der Waals surface area contributed by atoms with E-state index >= 15 is 0 Å². The van der Waals surface area contributed by atoms with Crippen molar-refractivity contribution in [3.05, 3.63) is 24.2 Å². The van der Waals surface area contributed by atoms with Crippen LogP contribution in [0.2, 0.25) is 0 Å². The molecule has 1 saturated heterocycles. The number of rotatable bonds is 2. The molecule has 0 saturated carbocycles. The number of ether oxygens (including phenoxy) is 1. The maximum atomic E-state index is 12.4. The molecule has 1 aliphatic rings. The van der Waals surface area contributed by atoms with E-state index in [4.69, 9.17) is 9.26 Å². The van der Waals surface area contributed by atoms with Crippen molar-refractivity contribution in [3.8, 4) is 11.5 Å².